The molecule has 1 aliphatic heterocycles. The van der Waals surface area contributed by atoms with Crippen LogP contribution in [-0.2, 0) is 16.0 Å². The maximum absolute atomic E-state index is 12.1. The van der Waals surface area contributed by atoms with E-state index in [9.17, 15) is 9.59 Å². The molecule has 0 bridgehead atoms. The van der Waals surface area contributed by atoms with Crippen molar-refractivity contribution >= 4 is 17.5 Å². The van der Waals surface area contributed by atoms with Gasteiger partial charge in [0.25, 0.3) is 11.8 Å². The van der Waals surface area contributed by atoms with Gasteiger partial charge in [-0.1, -0.05) is 24.6 Å². The Morgan fingerprint density at radius 3 is 2.28 bits per heavy atom. The molecule has 0 saturated carbocycles. The Morgan fingerprint density at radius 1 is 1.11 bits per heavy atom. The molecule has 94 valence electrons. The second kappa shape index (κ2) is 4.41. The van der Waals surface area contributed by atoms with Crippen LogP contribution in [0.1, 0.15) is 30.5 Å². The van der Waals surface area contributed by atoms with E-state index in [1.807, 2.05) is 32.9 Å². The molecule has 1 aliphatic rings. The lowest BCUT2D eigenvalue weighted by molar-refractivity contribution is -0.120. The summed E-state index contributed by atoms with van der Waals surface area (Å²) >= 11 is 0. The molecule has 1 aromatic carbocycles. The van der Waals surface area contributed by atoms with Gasteiger partial charge in [0.2, 0.25) is 0 Å². The van der Waals surface area contributed by atoms with Crippen LogP contribution in [-0.4, -0.2) is 11.8 Å². The van der Waals surface area contributed by atoms with Gasteiger partial charge in [0, 0.05) is 11.6 Å². The average molecular weight is 243 g/mol. The first-order valence-electron chi connectivity index (χ1n) is 6.12. The van der Waals surface area contributed by atoms with Crippen LogP contribution in [0.4, 0.5) is 5.69 Å². The zero-order valence-electron chi connectivity index (χ0n) is 11.2. The van der Waals surface area contributed by atoms with Crippen molar-refractivity contribution in [2.24, 2.45) is 0 Å². The van der Waals surface area contributed by atoms with Crippen LogP contribution in [0, 0.1) is 13.8 Å². The van der Waals surface area contributed by atoms with Gasteiger partial charge in [0.15, 0.2) is 0 Å². The van der Waals surface area contributed by atoms with Crippen molar-refractivity contribution in [1.29, 1.82) is 0 Å². The molecule has 0 radical (unpaired) electrons. The highest BCUT2D eigenvalue weighted by molar-refractivity contribution is 6.30. The van der Waals surface area contributed by atoms with Gasteiger partial charge in [0.1, 0.15) is 0 Å². The summed E-state index contributed by atoms with van der Waals surface area (Å²) in [6.45, 7) is 7.67. The van der Waals surface area contributed by atoms with Gasteiger partial charge in [-0.25, -0.2) is 4.90 Å². The Bertz CT molecular complexity index is 570. The molecule has 0 unspecified atom stereocenters. The van der Waals surface area contributed by atoms with E-state index in [0.717, 1.165) is 28.8 Å². The molecule has 0 aromatic heterocycles. The predicted octanol–water partition coefficient (Wildman–Crippen LogP) is 2.69. The van der Waals surface area contributed by atoms with E-state index in [-0.39, 0.29) is 11.8 Å². The monoisotopic (exact) mass is 243 g/mol. The fraction of sp³-hybridized carbons (Fsp3) is 0.333. The lowest BCUT2D eigenvalue weighted by Crippen LogP contribution is -2.32. The summed E-state index contributed by atoms with van der Waals surface area (Å²) in [5.74, 6) is -0.444. The van der Waals surface area contributed by atoms with Crippen molar-refractivity contribution in [3.05, 3.63) is 40.5 Å². The van der Waals surface area contributed by atoms with Gasteiger partial charge >= 0.3 is 0 Å². The van der Waals surface area contributed by atoms with E-state index in [1.165, 1.54) is 11.0 Å². The number of carbonyl (C=O) groups is 2. The third-order valence-electron chi connectivity index (χ3n) is 3.23. The van der Waals surface area contributed by atoms with Gasteiger partial charge in [-0.05, 0) is 38.3 Å². The molecular formula is C15H17NO2. The Kier molecular flexibility index (Phi) is 3.07. The minimum absolute atomic E-state index is 0.207. The Balaban J connectivity index is 2.59. The summed E-state index contributed by atoms with van der Waals surface area (Å²) in [5.41, 5.74) is 4.42. The van der Waals surface area contributed by atoms with Crippen LogP contribution in [0.5, 0.6) is 0 Å². The molecule has 0 fully saturated rings. The summed E-state index contributed by atoms with van der Waals surface area (Å²) < 4.78 is 0. The predicted molar refractivity (Wildman–Crippen MR) is 71.5 cm³/mol. The number of hydrogen-bond donors (Lipinski definition) is 0. The molecule has 0 aliphatic carbocycles. The van der Waals surface area contributed by atoms with Crippen molar-refractivity contribution in [3.8, 4) is 0 Å². The molecule has 3 nitrogen and oxygen atoms in total. The molecule has 0 spiro atoms. The lowest BCUT2D eigenvalue weighted by atomic mass is 10.0. The minimum Gasteiger partial charge on any atom is -0.269 e. The highest BCUT2D eigenvalue weighted by Crippen LogP contribution is 2.31. The number of carbonyl (C=O) groups excluding carboxylic acids is 2. The van der Waals surface area contributed by atoms with Gasteiger partial charge in [-0.2, -0.15) is 0 Å². The van der Waals surface area contributed by atoms with Crippen molar-refractivity contribution < 1.29 is 9.59 Å². The first-order chi connectivity index (χ1) is 8.45. The van der Waals surface area contributed by atoms with Crippen LogP contribution >= 0.6 is 0 Å². The zero-order valence-corrected chi connectivity index (χ0v) is 11.2. The van der Waals surface area contributed by atoms with E-state index in [4.69, 9.17) is 0 Å². The van der Waals surface area contributed by atoms with Crippen LogP contribution < -0.4 is 4.90 Å². The molecule has 3 heteroatoms. The molecule has 1 heterocycles. The topological polar surface area (TPSA) is 37.4 Å². The Hall–Kier alpha value is -1.90. The maximum Gasteiger partial charge on any atom is 0.261 e. The van der Waals surface area contributed by atoms with E-state index < -0.39 is 0 Å². The van der Waals surface area contributed by atoms with E-state index in [2.05, 4.69) is 0 Å². The molecular weight excluding hydrogens is 226 g/mol. The number of nitrogens with zero attached hydrogens (tertiary/aromatic N) is 1. The number of rotatable bonds is 2. The third kappa shape index (κ3) is 1.86. The number of amides is 2. The largest absolute Gasteiger partial charge is 0.269 e. The quantitative estimate of drug-likeness (QED) is 0.749. The standard InChI is InChI=1S/C15H17NO2/c1-5-12-7-9(2)6-10(3)14(12)16-13(17)8-11(4)15(16)18/h6-8H,5H2,1-4H3. The average Bonchev–Trinajstić information content (AvgIpc) is 2.54. The summed E-state index contributed by atoms with van der Waals surface area (Å²) in [4.78, 5) is 25.3. The van der Waals surface area contributed by atoms with Gasteiger partial charge in [-0.15, -0.1) is 0 Å². The fourth-order valence-corrected chi connectivity index (χ4v) is 2.44. The molecule has 18 heavy (non-hydrogen) atoms. The van der Waals surface area contributed by atoms with Crippen molar-refractivity contribution in [2.45, 2.75) is 34.1 Å². The molecule has 1 aromatic rings. The second-order valence-electron chi connectivity index (χ2n) is 4.75. The number of aryl methyl sites for hydroxylation is 3. The first kappa shape index (κ1) is 12.6. The molecule has 0 saturated heterocycles. The third-order valence-corrected chi connectivity index (χ3v) is 3.23. The highest BCUT2D eigenvalue weighted by Gasteiger charge is 2.32. The minimum atomic E-state index is -0.237. The SMILES string of the molecule is CCc1cc(C)cc(C)c1N1C(=O)C=C(C)C1=O. The molecule has 0 N–H and O–H groups in total. The number of hydrogen-bond acceptors (Lipinski definition) is 2. The second-order valence-corrected chi connectivity index (χ2v) is 4.75. The van der Waals surface area contributed by atoms with Crippen LogP contribution in [0.2, 0.25) is 0 Å². The summed E-state index contributed by atoms with van der Waals surface area (Å²) in [7, 11) is 0. The summed E-state index contributed by atoms with van der Waals surface area (Å²) in [5, 5.41) is 0. The van der Waals surface area contributed by atoms with Crippen LogP contribution in [0.15, 0.2) is 23.8 Å². The van der Waals surface area contributed by atoms with Crippen LogP contribution in [0.25, 0.3) is 0 Å². The van der Waals surface area contributed by atoms with Gasteiger partial charge < -0.3 is 0 Å². The normalized spacial score (nSPS) is 15.3. The maximum atomic E-state index is 12.1. The van der Waals surface area contributed by atoms with E-state index >= 15 is 0 Å². The summed E-state index contributed by atoms with van der Waals surface area (Å²) in [6, 6.07) is 4.04. The van der Waals surface area contributed by atoms with Crippen LogP contribution in [0.3, 0.4) is 0 Å². The number of benzene rings is 1. The van der Waals surface area contributed by atoms with Gasteiger partial charge in [-0.3, -0.25) is 9.59 Å². The molecule has 2 rings (SSSR count). The van der Waals surface area contributed by atoms with E-state index in [1.54, 1.807) is 6.92 Å². The van der Waals surface area contributed by atoms with Crippen molar-refractivity contribution in [3.63, 3.8) is 0 Å². The van der Waals surface area contributed by atoms with Gasteiger partial charge in [0.05, 0.1) is 5.69 Å². The molecule has 2 amide bonds. The molecule has 0 atom stereocenters. The Morgan fingerprint density at radius 2 is 1.78 bits per heavy atom. The smallest absolute Gasteiger partial charge is 0.261 e. The Labute approximate surface area is 107 Å². The van der Waals surface area contributed by atoms with Crippen molar-refractivity contribution in [1.82, 2.24) is 0 Å². The number of imide groups is 1. The fourth-order valence-electron chi connectivity index (χ4n) is 2.44. The van der Waals surface area contributed by atoms with Crippen molar-refractivity contribution in [2.75, 3.05) is 4.90 Å². The first-order valence-corrected chi connectivity index (χ1v) is 6.12. The highest BCUT2D eigenvalue weighted by atomic mass is 16.2. The summed E-state index contributed by atoms with van der Waals surface area (Å²) in [6.07, 6.45) is 2.20. The van der Waals surface area contributed by atoms with E-state index in [0.29, 0.717) is 5.57 Å². The lowest BCUT2D eigenvalue weighted by Gasteiger charge is -2.21. The zero-order chi connectivity index (χ0) is 13.4. The number of anilines is 1.